The van der Waals surface area contributed by atoms with Crippen molar-refractivity contribution in [3.8, 4) is 17.6 Å². The van der Waals surface area contributed by atoms with E-state index in [4.69, 9.17) is 42.7 Å². The summed E-state index contributed by atoms with van der Waals surface area (Å²) < 4.78 is 16.0. The van der Waals surface area contributed by atoms with E-state index in [1.54, 1.807) is 43.3 Å². The van der Waals surface area contributed by atoms with Gasteiger partial charge in [-0.25, -0.2) is 4.79 Å². The molecule has 0 saturated heterocycles. The van der Waals surface area contributed by atoms with Crippen molar-refractivity contribution in [1.29, 1.82) is 5.26 Å². The van der Waals surface area contributed by atoms with Gasteiger partial charge < -0.3 is 14.2 Å². The van der Waals surface area contributed by atoms with Gasteiger partial charge in [0, 0.05) is 15.6 Å². The lowest BCUT2D eigenvalue weighted by atomic mass is 10.1. The third kappa shape index (κ3) is 5.40. The summed E-state index contributed by atoms with van der Waals surface area (Å²) in [6, 6.07) is 12.1. The van der Waals surface area contributed by atoms with Crippen LogP contribution in [0.2, 0.25) is 10.0 Å². The first kappa shape index (κ1) is 20.6. The van der Waals surface area contributed by atoms with Crippen LogP contribution in [0.15, 0.2) is 42.0 Å². The number of methoxy groups -OCH3 is 1. The Balaban J connectivity index is 2.23. The number of rotatable bonds is 7. The number of carbonyl (C=O) groups excluding carboxylic acids is 1. The predicted molar refractivity (Wildman–Crippen MR) is 104 cm³/mol. The van der Waals surface area contributed by atoms with Crippen LogP contribution >= 0.6 is 23.2 Å². The smallest absolute Gasteiger partial charge is 0.348 e. The van der Waals surface area contributed by atoms with Gasteiger partial charge in [-0.15, -0.1) is 0 Å². The van der Waals surface area contributed by atoms with Crippen molar-refractivity contribution in [3.63, 3.8) is 0 Å². The molecule has 0 aliphatic heterocycles. The number of hydrogen-bond acceptors (Lipinski definition) is 5. The first-order valence-corrected chi connectivity index (χ1v) is 8.78. The van der Waals surface area contributed by atoms with E-state index in [-0.39, 0.29) is 18.8 Å². The number of benzene rings is 2. The fourth-order valence-corrected chi connectivity index (χ4v) is 2.73. The lowest BCUT2D eigenvalue weighted by molar-refractivity contribution is -0.137. The fourth-order valence-electron chi connectivity index (χ4n) is 2.23. The summed E-state index contributed by atoms with van der Waals surface area (Å²) in [5.74, 6) is 0.237. The molecule has 0 atom stereocenters. The van der Waals surface area contributed by atoms with Crippen LogP contribution in [-0.2, 0) is 16.1 Å². The second kappa shape index (κ2) is 9.86. The molecule has 2 aromatic carbocycles. The molecule has 0 aliphatic carbocycles. The van der Waals surface area contributed by atoms with E-state index in [0.29, 0.717) is 32.7 Å². The van der Waals surface area contributed by atoms with Gasteiger partial charge in [-0.1, -0.05) is 35.3 Å². The number of halogens is 2. The van der Waals surface area contributed by atoms with Gasteiger partial charge in [0.1, 0.15) is 18.2 Å². The quantitative estimate of drug-likeness (QED) is 0.366. The number of nitriles is 1. The molecule has 7 heteroatoms. The van der Waals surface area contributed by atoms with Crippen molar-refractivity contribution < 1.29 is 19.0 Å². The first-order valence-electron chi connectivity index (χ1n) is 8.02. The van der Waals surface area contributed by atoms with Crippen molar-refractivity contribution in [2.24, 2.45) is 0 Å². The van der Waals surface area contributed by atoms with E-state index in [0.717, 1.165) is 0 Å². The minimum atomic E-state index is -0.673. The predicted octanol–water partition coefficient (Wildman–Crippen LogP) is 5.05. The zero-order valence-corrected chi connectivity index (χ0v) is 16.3. The van der Waals surface area contributed by atoms with Crippen molar-refractivity contribution in [2.75, 3.05) is 13.7 Å². The van der Waals surface area contributed by atoms with Gasteiger partial charge in [-0.05, 0) is 42.8 Å². The zero-order valence-electron chi connectivity index (χ0n) is 14.8. The minimum Gasteiger partial charge on any atom is -0.493 e. The molecule has 5 nitrogen and oxygen atoms in total. The molecule has 0 saturated carbocycles. The summed E-state index contributed by atoms with van der Waals surface area (Å²) in [5.41, 5.74) is 1.16. The summed E-state index contributed by atoms with van der Waals surface area (Å²) in [5, 5.41) is 10.1. The lowest BCUT2D eigenvalue weighted by Crippen LogP contribution is -2.06. The Morgan fingerprint density at radius 2 is 1.89 bits per heavy atom. The Morgan fingerprint density at radius 1 is 1.19 bits per heavy atom. The van der Waals surface area contributed by atoms with Gasteiger partial charge in [0.25, 0.3) is 0 Å². The number of esters is 1. The molecular formula is C20H17Cl2NO4. The van der Waals surface area contributed by atoms with Crippen LogP contribution in [0, 0.1) is 11.3 Å². The van der Waals surface area contributed by atoms with E-state index >= 15 is 0 Å². The maximum atomic E-state index is 11.7. The highest BCUT2D eigenvalue weighted by Crippen LogP contribution is 2.32. The van der Waals surface area contributed by atoms with Crippen molar-refractivity contribution in [2.45, 2.75) is 13.5 Å². The summed E-state index contributed by atoms with van der Waals surface area (Å²) in [4.78, 5) is 11.7. The molecule has 0 bridgehead atoms. The standard InChI is InChI=1S/C20H17Cl2NO4/c1-3-26-20(24)14(11-23)9-13-7-8-18(19(10-13)25-2)27-12-15-16(21)5-4-6-17(15)22/h4-10H,3,12H2,1-2H3/b14-9-. The monoisotopic (exact) mass is 405 g/mol. The number of ether oxygens (including phenoxy) is 3. The Bertz CT molecular complexity index is 883. The molecule has 27 heavy (non-hydrogen) atoms. The van der Waals surface area contributed by atoms with Crippen LogP contribution in [0.4, 0.5) is 0 Å². The molecule has 2 rings (SSSR count). The molecule has 0 aromatic heterocycles. The first-order chi connectivity index (χ1) is 13.0. The van der Waals surface area contributed by atoms with Gasteiger partial charge in [0.15, 0.2) is 11.5 Å². The summed E-state index contributed by atoms with van der Waals surface area (Å²) in [7, 11) is 1.49. The normalized spacial score (nSPS) is 10.9. The summed E-state index contributed by atoms with van der Waals surface area (Å²) in [6.07, 6.45) is 1.43. The summed E-state index contributed by atoms with van der Waals surface area (Å²) >= 11 is 12.3. The third-order valence-electron chi connectivity index (χ3n) is 3.55. The molecule has 0 spiro atoms. The van der Waals surface area contributed by atoms with Gasteiger partial charge in [0.05, 0.1) is 13.7 Å². The molecule has 140 valence electrons. The maximum absolute atomic E-state index is 11.7. The molecule has 0 aliphatic rings. The Morgan fingerprint density at radius 3 is 2.48 bits per heavy atom. The van der Waals surface area contributed by atoms with Gasteiger partial charge in [-0.3, -0.25) is 0 Å². The molecular weight excluding hydrogens is 389 g/mol. The second-order valence-corrected chi connectivity index (χ2v) is 6.10. The fraction of sp³-hybridized carbons (Fsp3) is 0.200. The molecule has 0 heterocycles. The summed E-state index contributed by atoms with van der Waals surface area (Å²) in [6.45, 7) is 2.03. The molecule has 2 aromatic rings. The van der Waals surface area contributed by atoms with Crippen LogP contribution in [0.25, 0.3) is 6.08 Å². The van der Waals surface area contributed by atoms with E-state index in [1.807, 2.05) is 6.07 Å². The van der Waals surface area contributed by atoms with Crippen LogP contribution in [0.1, 0.15) is 18.1 Å². The SMILES string of the molecule is CCOC(=O)/C(C#N)=C\c1ccc(OCc2c(Cl)cccc2Cl)c(OC)c1. The van der Waals surface area contributed by atoms with E-state index in [2.05, 4.69) is 0 Å². The molecule has 0 fully saturated rings. The van der Waals surface area contributed by atoms with Crippen LogP contribution in [-0.4, -0.2) is 19.7 Å². The van der Waals surface area contributed by atoms with Crippen molar-refractivity contribution in [1.82, 2.24) is 0 Å². The van der Waals surface area contributed by atoms with Gasteiger partial charge >= 0.3 is 5.97 Å². The molecule has 0 radical (unpaired) electrons. The third-order valence-corrected chi connectivity index (χ3v) is 4.26. The highest BCUT2D eigenvalue weighted by Gasteiger charge is 2.12. The van der Waals surface area contributed by atoms with Crippen molar-refractivity contribution >= 4 is 35.2 Å². The Kier molecular flexibility index (Phi) is 7.54. The minimum absolute atomic E-state index is 0.101. The lowest BCUT2D eigenvalue weighted by Gasteiger charge is -2.13. The van der Waals surface area contributed by atoms with Gasteiger partial charge in [-0.2, -0.15) is 5.26 Å². The van der Waals surface area contributed by atoms with E-state index in [1.165, 1.54) is 13.2 Å². The Labute approximate surface area is 167 Å². The average molecular weight is 406 g/mol. The average Bonchev–Trinajstić information content (AvgIpc) is 2.66. The Hall–Kier alpha value is -2.68. The highest BCUT2D eigenvalue weighted by atomic mass is 35.5. The van der Waals surface area contributed by atoms with E-state index in [9.17, 15) is 4.79 Å². The van der Waals surface area contributed by atoms with E-state index < -0.39 is 5.97 Å². The largest absolute Gasteiger partial charge is 0.493 e. The van der Waals surface area contributed by atoms with Crippen LogP contribution in [0.5, 0.6) is 11.5 Å². The topological polar surface area (TPSA) is 68.6 Å². The number of nitrogens with zero attached hydrogens (tertiary/aromatic N) is 1. The maximum Gasteiger partial charge on any atom is 0.348 e. The van der Waals surface area contributed by atoms with Crippen LogP contribution < -0.4 is 9.47 Å². The molecule has 0 amide bonds. The van der Waals surface area contributed by atoms with Crippen LogP contribution in [0.3, 0.4) is 0 Å². The number of carbonyl (C=O) groups is 1. The molecule has 0 unspecified atom stereocenters. The second-order valence-electron chi connectivity index (χ2n) is 5.29. The highest BCUT2D eigenvalue weighted by molar-refractivity contribution is 6.35. The molecule has 0 N–H and O–H groups in total. The van der Waals surface area contributed by atoms with Crippen molar-refractivity contribution in [3.05, 3.63) is 63.1 Å². The van der Waals surface area contributed by atoms with Gasteiger partial charge in [0.2, 0.25) is 0 Å². The zero-order chi connectivity index (χ0) is 19.8. The number of hydrogen-bond donors (Lipinski definition) is 0.